The van der Waals surface area contributed by atoms with Gasteiger partial charge in [0.2, 0.25) is 6.79 Å². The number of hydrogen-bond acceptors (Lipinski definition) is 7. The molecular formula is C22H16N4O3. The Hall–Kier alpha value is -3.76. The number of benzene rings is 1. The van der Waals surface area contributed by atoms with Crippen LogP contribution in [0.15, 0.2) is 42.1 Å². The van der Waals surface area contributed by atoms with Gasteiger partial charge in [-0.3, -0.25) is 4.79 Å². The number of fused-ring (bicyclic) bond motifs is 2. The van der Waals surface area contributed by atoms with E-state index in [2.05, 4.69) is 18.2 Å². The van der Waals surface area contributed by atoms with Gasteiger partial charge in [0.05, 0.1) is 29.8 Å². The summed E-state index contributed by atoms with van der Waals surface area (Å²) < 4.78 is 10.9. The number of ketones is 1. The van der Waals surface area contributed by atoms with Crippen LogP contribution in [0.5, 0.6) is 11.5 Å². The van der Waals surface area contributed by atoms with Crippen molar-refractivity contribution < 1.29 is 14.3 Å². The number of ether oxygens (including phenoxy) is 2. The van der Waals surface area contributed by atoms with E-state index >= 15 is 0 Å². The lowest BCUT2D eigenvalue weighted by Crippen LogP contribution is -2.40. The summed E-state index contributed by atoms with van der Waals surface area (Å²) in [6, 6.07) is 10.6. The second-order valence-electron chi connectivity index (χ2n) is 7.75. The average Bonchev–Trinajstić information content (AvgIpc) is 3.43. The second kappa shape index (κ2) is 6.12. The molecule has 7 nitrogen and oxygen atoms in total. The normalized spacial score (nSPS) is 28.0. The van der Waals surface area contributed by atoms with Gasteiger partial charge in [-0.25, -0.2) is 0 Å². The predicted octanol–water partition coefficient (Wildman–Crippen LogP) is 2.54. The maximum Gasteiger partial charge on any atom is 0.231 e. The molecule has 142 valence electrons. The van der Waals surface area contributed by atoms with E-state index < -0.39 is 23.4 Å². The molecule has 0 bridgehead atoms. The van der Waals surface area contributed by atoms with Gasteiger partial charge in [-0.15, -0.1) is 0 Å². The van der Waals surface area contributed by atoms with Crippen molar-refractivity contribution in [3.8, 4) is 29.7 Å². The van der Waals surface area contributed by atoms with E-state index in [-0.39, 0.29) is 18.5 Å². The van der Waals surface area contributed by atoms with Crippen molar-refractivity contribution in [1.82, 2.24) is 4.90 Å². The lowest BCUT2D eigenvalue weighted by atomic mass is 9.69. The Bertz CT molecular complexity index is 1080. The van der Waals surface area contributed by atoms with Gasteiger partial charge in [0.1, 0.15) is 6.07 Å². The topological polar surface area (TPSA) is 110 Å². The van der Waals surface area contributed by atoms with Gasteiger partial charge in [0, 0.05) is 18.0 Å². The number of nitrogens with zero attached hydrogens (tertiary/aromatic N) is 4. The Kier molecular flexibility index (Phi) is 3.66. The molecule has 2 fully saturated rings. The van der Waals surface area contributed by atoms with Gasteiger partial charge in [-0.2, -0.15) is 15.8 Å². The van der Waals surface area contributed by atoms with E-state index in [1.807, 2.05) is 0 Å². The van der Waals surface area contributed by atoms with Crippen LogP contribution in [0.2, 0.25) is 0 Å². The zero-order valence-electron chi connectivity index (χ0n) is 15.4. The van der Waals surface area contributed by atoms with Crippen molar-refractivity contribution in [3.05, 3.63) is 47.7 Å². The summed E-state index contributed by atoms with van der Waals surface area (Å²) in [6.45, 7) is 0.112. The number of carbonyl (C=O) groups excluding carboxylic acids is 1. The van der Waals surface area contributed by atoms with E-state index in [9.17, 15) is 20.6 Å². The molecule has 5 rings (SSSR count). The minimum atomic E-state index is -1.48. The van der Waals surface area contributed by atoms with Crippen LogP contribution in [-0.2, 0) is 4.79 Å². The molecule has 4 aliphatic rings. The third-order valence-electron chi connectivity index (χ3n) is 6.19. The third-order valence-corrected chi connectivity index (χ3v) is 6.19. The monoisotopic (exact) mass is 384 g/mol. The maximum absolute atomic E-state index is 13.3. The summed E-state index contributed by atoms with van der Waals surface area (Å²) in [4.78, 5) is 15.1. The van der Waals surface area contributed by atoms with Crippen LogP contribution >= 0.6 is 0 Å². The number of nitriles is 3. The molecule has 1 aromatic carbocycles. The first-order chi connectivity index (χ1) is 14.1. The van der Waals surface area contributed by atoms with Crippen molar-refractivity contribution >= 4 is 5.78 Å². The molecule has 1 aromatic rings. The van der Waals surface area contributed by atoms with Gasteiger partial charge < -0.3 is 14.4 Å². The molecule has 1 saturated heterocycles. The predicted molar refractivity (Wildman–Crippen MR) is 98.9 cm³/mol. The van der Waals surface area contributed by atoms with Gasteiger partial charge in [-0.1, -0.05) is 12.1 Å². The molecule has 3 atom stereocenters. The van der Waals surface area contributed by atoms with Gasteiger partial charge in [0.15, 0.2) is 22.7 Å². The number of Topliss-reactive ketones (excluding diaryl/α,β-unsaturated/α-hetero) is 1. The summed E-state index contributed by atoms with van der Waals surface area (Å²) in [5.41, 5.74) is -0.395. The summed E-state index contributed by atoms with van der Waals surface area (Å²) >= 11 is 0. The Morgan fingerprint density at radius 3 is 2.59 bits per heavy atom. The number of hydrogen-bond donors (Lipinski definition) is 0. The Balaban J connectivity index is 1.71. The molecule has 7 heteroatoms. The molecule has 3 aliphatic heterocycles. The van der Waals surface area contributed by atoms with Crippen molar-refractivity contribution in [3.63, 3.8) is 0 Å². The smallest absolute Gasteiger partial charge is 0.231 e. The van der Waals surface area contributed by atoms with E-state index in [0.717, 1.165) is 12.8 Å². The van der Waals surface area contributed by atoms with Crippen LogP contribution in [0.4, 0.5) is 0 Å². The van der Waals surface area contributed by atoms with Crippen LogP contribution < -0.4 is 9.47 Å². The first kappa shape index (κ1) is 17.3. The highest BCUT2D eigenvalue weighted by Crippen LogP contribution is 2.55. The Morgan fingerprint density at radius 1 is 1.14 bits per heavy atom. The van der Waals surface area contributed by atoms with Gasteiger partial charge in [-0.05, 0) is 36.6 Å². The Morgan fingerprint density at radius 2 is 1.90 bits per heavy atom. The van der Waals surface area contributed by atoms with Gasteiger partial charge in [0.25, 0.3) is 0 Å². The lowest BCUT2D eigenvalue weighted by Gasteiger charge is -2.30. The van der Waals surface area contributed by atoms with Crippen molar-refractivity contribution in [2.75, 3.05) is 6.79 Å². The van der Waals surface area contributed by atoms with E-state index in [1.54, 1.807) is 41.5 Å². The van der Waals surface area contributed by atoms with Crippen LogP contribution in [0.25, 0.3) is 0 Å². The highest BCUT2D eigenvalue weighted by atomic mass is 16.7. The molecule has 1 saturated carbocycles. The highest BCUT2D eigenvalue weighted by molar-refractivity contribution is 5.90. The summed E-state index contributed by atoms with van der Waals surface area (Å²) in [5.74, 6) is 0.423. The number of carbonyl (C=O) groups is 1. The molecule has 0 amide bonds. The van der Waals surface area contributed by atoms with Crippen molar-refractivity contribution in [2.45, 2.75) is 30.8 Å². The molecule has 0 radical (unpaired) electrons. The Labute approximate surface area is 167 Å². The van der Waals surface area contributed by atoms with E-state index in [0.29, 0.717) is 22.6 Å². The van der Waals surface area contributed by atoms with E-state index in [1.165, 1.54) is 0 Å². The van der Waals surface area contributed by atoms with Gasteiger partial charge >= 0.3 is 0 Å². The van der Waals surface area contributed by atoms with Crippen molar-refractivity contribution in [2.24, 2.45) is 11.3 Å². The van der Waals surface area contributed by atoms with Crippen LogP contribution in [0.1, 0.15) is 24.3 Å². The molecule has 29 heavy (non-hydrogen) atoms. The summed E-state index contributed by atoms with van der Waals surface area (Å²) in [6.07, 6.45) is 6.57. The fraction of sp³-hybridized carbons (Fsp3) is 0.364. The standard InChI is InChI=1S/C22H16N4O3/c23-8-13-1-6-18-22(10-24,11-25)19(15-4-5-16-17(7-15)29-12-28-16)20(26(18)9-13)21(27)14-2-3-14/h1,4-7,9,14,18-20H,2-3,12H2. The molecule has 3 unspecified atom stereocenters. The molecule has 0 aromatic heterocycles. The molecule has 0 N–H and O–H groups in total. The summed E-state index contributed by atoms with van der Waals surface area (Å²) in [7, 11) is 0. The average molecular weight is 384 g/mol. The minimum absolute atomic E-state index is 0.0221. The van der Waals surface area contributed by atoms with Crippen LogP contribution in [0, 0.1) is 45.3 Å². The highest BCUT2D eigenvalue weighted by Gasteiger charge is 2.63. The SMILES string of the molecule is N#CC1=CN2C(C(=O)C3CC3)C(c3ccc4c(c3)OCO4)C(C#N)(C#N)C2C=C1. The van der Waals surface area contributed by atoms with Crippen LogP contribution in [0.3, 0.4) is 0 Å². The van der Waals surface area contributed by atoms with Crippen molar-refractivity contribution in [1.29, 1.82) is 15.8 Å². The molecule has 0 spiro atoms. The second-order valence-corrected chi connectivity index (χ2v) is 7.75. The minimum Gasteiger partial charge on any atom is -0.454 e. The third kappa shape index (κ3) is 2.36. The molecular weight excluding hydrogens is 368 g/mol. The first-order valence-corrected chi connectivity index (χ1v) is 9.46. The fourth-order valence-corrected chi connectivity index (χ4v) is 4.66. The van der Waals surface area contributed by atoms with E-state index in [4.69, 9.17) is 9.47 Å². The molecule has 3 heterocycles. The first-order valence-electron chi connectivity index (χ1n) is 9.46. The summed E-state index contributed by atoms with van der Waals surface area (Å²) in [5, 5.41) is 29.7. The number of rotatable bonds is 3. The maximum atomic E-state index is 13.3. The molecule has 1 aliphatic carbocycles. The zero-order chi connectivity index (χ0) is 20.2. The quantitative estimate of drug-likeness (QED) is 0.787. The largest absolute Gasteiger partial charge is 0.454 e. The number of allylic oxidation sites excluding steroid dienone is 2. The van der Waals surface area contributed by atoms with Crippen LogP contribution in [-0.4, -0.2) is 29.6 Å². The zero-order valence-corrected chi connectivity index (χ0v) is 15.4. The lowest BCUT2D eigenvalue weighted by molar-refractivity contribution is -0.124. The fourth-order valence-electron chi connectivity index (χ4n) is 4.66.